The Kier molecular flexibility index (Phi) is 7.38. The molecule has 1 aromatic carbocycles. The number of anilines is 1. The molecule has 1 aliphatic heterocycles. The monoisotopic (exact) mass is 364 g/mol. The number of piperazine rings is 1. The second-order valence-corrected chi connectivity index (χ2v) is 6.90. The zero-order chi connectivity index (χ0) is 19.1. The topological polar surface area (TPSA) is 47.1 Å². The summed E-state index contributed by atoms with van der Waals surface area (Å²) in [6.45, 7) is 6.17. The first-order valence-corrected chi connectivity index (χ1v) is 9.05. The average Bonchev–Trinajstić information content (AvgIpc) is 2.61. The zero-order valence-corrected chi connectivity index (χ0v) is 15.9. The molecule has 1 fully saturated rings. The fraction of sp³-hybridized carbons (Fsp3) is 0.579. The van der Waals surface area contributed by atoms with E-state index in [1.807, 2.05) is 23.9 Å². The van der Waals surface area contributed by atoms with Crippen LogP contribution in [0, 0.1) is 5.82 Å². The van der Waals surface area contributed by atoms with Crippen LogP contribution < -0.4 is 4.90 Å². The number of hydrogen-bond donors (Lipinski definition) is 0. The first-order chi connectivity index (χ1) is 12.4. The highest BCUT2D eigenvalue weighted by Crippen LogP contribution is 2.17. The van der Waals surface area contributed by atoms with Crippen LogP contribution in [-0.2, 0) is 9.59 Å². The lowest BCUT2D eigenvalue weighted by atomic mass is 10.2. The number of rotatable bonds is 7. The Morgan fingerprint density at radius 1 is 1.00 bits per heavy atom. The lowest BCUT2D eigenvalue weighted by Gasteiger charge is -2.36. The molecule has 1 saturated heterocycles. The van der Waals surface area contributed by atoms with Crippen LogP contribution in [0.3, 0.4) is 0 Å². The maximum atomic E-state index is 13.0. The van der Waals surface area contributed by atoms with Crippen molar-refractivity contribution in [2.45, 2.75) is 13.3 Å². The van der Waals surface area contributed by atoms with E-state index in [4.69, 9.17) is 0 Å². The number of halogens is 1. The maximum Gasteiger partial charge on any atom is 0.224 e. The van der Waals surface area contributed by atoms with E-state index in [0.29, 0.717) is 32.6 Å². The standard InChI is InChI=1S/C19H29FN4O2/c1-16(25)22(11-10-21(2)3)9-8-19(26)24-14-12-23(13-15-24)18-6-4-17(20)5-7-18/h4-7H,8-15H2,1-3H3. The fourth-order valence-electron chi connectivity index (χ4n) is 3.00. The molecule has 7 heteroatoms. The zero-order valence-electron chi connectivity index (χ0n) is 15.9. The third kappa shape index (κ3) is 5.98. The second kappa shape index (κ2) is 9.52. The van der Waals surface area contributed by atoms with Crippen LogP contribution >= 0.6 is 0 Å². The predicted octanol–water partition coefficient (Wildman–Crippen LogP) is 1.27. The fourth-order valence-corrected chi connectivity index (χ4v) is 3.00. The molecule has 1 aliphatic rings. The number of carbonyl (C=O) groups excluding carboxylic acids is 2. The van der Waals surface area contributed by atoms with Crippen LogP contribution in [-0.4, -0.2) is 86.4 Å². The Bertz CT molecular complexity index is 598. The molecule has 0 radical (unpaired) electrons. The Hall–Kier alpha value is -2.15. The molecule has 26 heavy (non-hydrogen) atoms. The van der Waals surface area contributed by atoms with E-state index in [1.165, 1.54) is 12.1 Å². The van der Waals surface area contributed by atoms with Gasteiger partial charge in [0.1, 0.15) is 5.82 Å². The first-order valence-electron chi connectivity index (χ1n) is 9.05. The van der Waals surface area contributed by atoms with Crippen LogP contribution in [0.15, 0.2) is 24.3 Å². The number of hydrogen-bond acceptors (Lipinski definition) is 4. The highest BCUT2D eigenvalue weighted by molar-refractivity contribution is 5.78. The molecule has 6 nitrogen and oxygen atoms in total. The van der Waals surface area contributed by atoms with Crippen molar-refractivity contribution in [1.29, 1.82) is 0 Å². The Labute approximate surface area is 155 Å². The van der Waals surface area contributed by atoms with Gasteiger partial charge < -0.3 is 19.6 Å². The molecule has 0 aliphatic carbocycles. The second-order valence-electron chi connectivity index (χ2n) is 6.90. The summed E-state index contributed by atoms with van der Waals surface area (Å²) in [5.74, 6) is -0.160. The molecule has 0 bridgehead atoms. The van der Waals surface area contributed by atoms with E-state index < -0.39 is 0 Å². The predicted molar refractivity (Wildman–Crippen MR) is 101 cm³/mol. The number of likely N-dealkylation sites (N-methyl/N-ethyl adjacent to an activating group) is 1. The number of amides is 2. The van der Waals surface area contributed by atoms with E-state index in [1.54, 1.807) is 24.0 Å². The summed E-state index contributed by atoms with van der Waals surface area (Å²) in [4.78, 5) is 31.9. The van der Waals surface area contributed by atoms with E-state index in [2.05, 4.69) is 4.90 Å². The van der Waals surface area contributed by atoms with Gasteiger partial charge in [0.05, 0.1) is 0 Å². The van der Waals surface area contributed by atoms with Crippen LogP contribution in [0.4, 0.5) is 10.1 Å². The molecular formula is C19H29FN4O2. The van der Waals surface area contributed by atoms with Crippen molar-refractivity contribution < 1.29 is 14.0 Å². The molecule has 0 atom stereocenters. The quantitative estimate of drug-likeness (QED) is 0.731. The van der Waals surface area contributed by atoms with Crippen molar-refractivity contribution in [2.24, 2.45) is 0 Å². The van der Waals surface area contributed by atoms with Gasteiger partial charge in [-0.15, -0.1) is 0 Å². The minimum atomic E-state index is -0.244. The van der Waals surface area contributed by atoms with Crippen molar-refractivity contribution in [3.05, 3.63) is 30.1 Å². The van der Waals surface area contributed by atoms with Gasteiger partial charge in [-0.3, -0.25) is 9.59 Å². The van der Waals surface area contributed by atoms with Gasteiger partial charge in [0.2, 0.25) is 11.8 Å². The minimum Gasteiger partial charge on any atom is -0.368 e. The summed E-state index contributed by atoms with van der Waals surface area (Å²) in [5.41, 5.74) is 0.977. The van der Waals surface area contributed by atoms with Gasteiger partial charge in [0.15, 0.2) is 0 Å². The minimum absolute atomic E-state index is 0.000721. The van der Waals surface area contributed by atoms with Gasteiger partial charge >= 0.3 is 0 Å². The number of benzene rings is 1. The summed E-state index contributed by atoms with van der Waals surface area (Å²) in [6, 6.07) is 6.44. The number of nitrogens with zero attached hydrogens (tertiary/aromatic N) is 4. The van der Waals surface area contributed by atoms with Crippen LogP contribution in [0.2, 0.25) is 0 Å². The SMILES string of the molecule is CC(=O)N(CCC(=O)N1CCN(c2ccc(F)cc2)CC1)CCN(C)C. The first kappa shape index (κ1) is 20.2. The van der Waals surface area contributed by atoms with E-state index in [-0.39, 0.29) is 17.6 Å². The van der Waals surface area contributed by atoms with Crippen molar-refractivity contribution >= 4 is 17.5 Å². The van der Waals surface area contributed by atoms with E-state index in [9.17, 15) is 14.0 Å². The summed E-state index contributed by atoms with van der Waals surface area (Å²) in [5, 5.41) is 0. The van der Waals surface area contributed by atoms with Crippen LogP contribution in [0.25, 0.3) is 0 Å². The molecule has 2 rings (SSSR count). The molecule has 2 amide bonds. The molecule has 0 saturated carbocycles. The Balaban J connectivity index is 1.78. The highest BCUT2D eigenvalue weighted by atomic mass is 19.1. The average molecular weight is 364 g/mol. The molecule has 0 unspecified atom stereocenters. The third-order valence-electron chi connectivity index (χ3n) is 4.68. The van der Waals surface area contributed by atoms with E-state index in [0.717, 1.165) is 25.3 Å². The van der Waals surface area contributed by atoms with E-state index >= 15 is 0 Å². The Morgan fingerprint density at radius 2 is 1.62 bits per heavy atom. The normalized spacial score (nSPS) is 14.7. The van der Waals surface area contributed by atoms with Gasteiger partial charge in [-0.05, 0) is 38.4 Å². The molecular weight excluding hydrogens is 335 g/mol. The summed E-state index contributed by atoms with van der Waals surface area (Å²) < 4.78 is 13.0. The van der Waals surface area contributed by atoms with Gasteiger partial charge in [-0.25, -0.2) is 4.39 Å². The molecule has 1 heterocycles. The Morgan fingerprint density at radius 3 is 2.15 bits per heavy atom. The van der Waals surface area contributed by atoms with Gasteiger partial charge in [0.25, 0.3) is 0 Å². The van der Waals surface area contributed by atoms with Crippen LogP contribution in [0.5, 0.6) is 0 Å². The third-order valence-corrected chi connectivity index (χ3v) is 4.68. The highest BCUT2D eigenvalue weighted by Gasteiger charge is 2.22. The van der Waals surface area contributed by atoms with Gasteiger partial charge in [0, 0.05) is 64.8 Å². The molecule has 0 spiro atoms. The largest absolute Gasteiger partial charge is 0.368 e. The van der Waals surface area contributed by atoms with Crippen molar-refractivity contribution in [2.75, 3.05) is 64.8 Å². The lowest BCUT2D eigenvalue weighted by Crippen LogP contribution is -2.49. The summed E-state index contributed by atoms with van der Waals surface area (Å²) in [6.07, 6.45) is 0.351. The van der Waals surface area contributed by atoms with Crippen molar-refractivity contribution in [3.63, 3.8) is 0 Å². The lowest BCUT2D eigenvalue weighted by molar-refractivity contribution is -0.133. The maximum absolute atomic E-state index is 13.0. The smallest absolute Gasteiger partial charge is 0.224 e. The number of carbonyl (C=O) groups is 2. The van der Waals surface area contributed by atoms with Crippen LogP contribution in [0.1, 0.15) is 13.3 Å². The van der Waals surface area contributed by atoms with Gasteiger partial charge in [-0.1, -0.05) is 0 Å². The summed E-state index contributed by atoms with van der Waals surface area (Å²) in [7, 11) is 3.92. The molecule has 1 aromatic rings. The van der Waals surface area contributed by atoms with Crippen molar-refractivity contribution in [3.8, 4) is 0 Å². The molecule has 0 N–H and O–H groups in total. The van der Waals surface area contributed by atoms with Crippen molar-refractivity contribution in [1.82, 2.24) is 14.7 Å². The molecule has 144 valence electrons. The molecule has 0 aromatic heterocycles. The van der Waals surface area contributed by atoms with Gasteiger partial charge in [-0.2, -0.15) is 0 Å². The summed E-state index contributed by atoms with van der Waals surface area (Å²) >= 11 is 0.